The summed E-state index contributed by atoms with van der Waals surface area (Å²) in [5.41, 5.74) is -0.598. The number of nitrogens with one attached hydrogen (secondary N) is 5. The van der Waals surface area contributed by atoms with Crippen LogP contribution in [0.15, 0.2) is 11.6 Å². The van der Waals surface area contributed by atoms with Gasteiger partial charge >= 0.3 is 5.97 Å². The second kappa shape index (κ2) is 10.2. The highest BCUT2D eigenvalue weighted by atomic mass is 16.7. The molecule has 0 saturated heterocycles. The van der Waals surface area contributed by atoms with Crippen molar-refractivity contribution in [2.24, 2.45) is 5.92 Å². The Morgan fingerprint density at radius 3 is 2.61 bits per heavy atom. The topological polar surface area (TPSA) is 176 Å². The number of cyclic esters (lactones) is 1. The number of hydrogen-bond acceptors (Lipinski definition) is 7. The third kappa shape index (κ3) is 6.52. The van der Waals surface area contributed by atoms with Crippen LogP contribution in [-0.4, -0.2) is 41.0 Å². The van der Waals surface area contributed by atoms with Crippen molar-refractivity contribution in [2.45, 2.75) is 45.7 Å². The molecule has 5 N–H and O–H groups in total. The van der Waals surface area contributed by atoms with E-state index in [9.17, 15) is 24.5 Å². The average Bonchev–Trinajstić information content (AvgIpc) is 2.99. The molecule has 0 saturated carbocycles. The molecule has 0 spiro atoms. The van der Waals surface area contributed by atoms with Crippen molar-refractivity contribution in [1.82, 2.24) is 21.4 Å². The van der Waals surface area contributed by atoms with E-state index in [1.807, 2.05) is 13.8 Å². The van der Waals surface area contributed by atoms with Gasteiger partial charge in [-0.3, -0.25) is 15.0 Å². The van der Waals surface area contributed by atoms with Gasteiger partial charge in [0.25, 0.3) is 17.8 Å². The van der Waals surface area contributed by atoms with Crippen molar-refractivity contribution in [3.05, 3.63) is 28.3 Å². The van der Waals surface area contributed by atoms with Crippen molar-refractivity contribution in [2.75, 3.05) is 6.61 Å². The van der Waals surface area contributed by atoms with E-state index in [4.69, 9.17) is 5.41 Å². The van der Waals surface area contributed by atoms with E-state index < -0.39 is 34.4 Å². The Labute approximate surface area is 162 Å². The van der Waals surface area contributed by atoms with Crippen molar-refractivity contribution in [3.8, 4) is 0 Å². The molecule has 1 atom stereocenters. The van der Waals surface area contributed by atoms with Crippen molar-refractivity contribution in [1.29, 1.82) is 5.41 Å². The van der Waals surface area contributed by atoms with E-state index in [-0.39, 0.29) is 24.5 Å². The minimum absolute atomic E-state index is 0.00973. The maximum absolute atomic E-state index is 12.8. The van der Waals surface area contributed by atoms with Crippen LogP contribution in [0, 0.1) is 28.0 Å². The van der Waals surface area contributed by atoms with E-state index in [1.54, 1.807) is 12.3 Å². The molecule has 155 valence electrons. The van der Waals surface area contributed by atoms with Crippen molar-refractivity contribution in [3.63, 3.8) is 0 Å². The Morgan fingerprint density at radius 1 is 1.43 bits per heavy atom. The fourth-order valence-corrected chi connectivity index (χ4v) is 2.41. The normalized spacial score (nSPS) is 15.1. The molecule has 1 heterocycles. The first kappa shape index (κ1) is 22.9. The number of esters is 1. The van der Waals surface area contributed by atoms with Crippen LogP contribution in [0.1, 0.15) is 40.0 Å². The number of guanidine groups is 1. The first-order chi connectivity index (χ1) is 13.1. The first-order valence-corrected chi connectivity index (χ1v) is 8.71. The lowest BCUT2D eigenvalue weighted by Crippen LogP contribution is -2.70. The van der Waals surface area contributed by atoms with Crippen LogP contribution < -0.4 is 21.4 Å². The summed E-state index contributed by atoms with van der Waals surface area (Å²) in [5, 5.41) is 24.6. The number of hydrazine groups is 1. The summed E-state index contributed by atoms with van der Waals surface area (Å²) in [6, 6.07) is 0. The van der Waals surface area contributed by atoms with Crippen LogP contribution in [0.2, 0.25) is 0 Å². The summed E-state index contributed by atoms with van der Waals surface area (Å²) >= 11 is 0. The minimum Gasteiger partial charge on any atom is -0.458 e. The number of carbonyl (C=O) groups excluding carboxylic acids is 3. The lowest BCUT2D eigenvalue weighted by Gasteiger charge is -2.34. The molecule has 0 aromatic heterocycles. The molecule has 1 rings (SSSR count). The largest absolute Gasteiger partial charge is 0.458 e. The molecule has 2 amide bonds. The third-order valence-corrected chi connectivity index (χ3v) is 3.67. The van der Waals surface area contributed by atoms with Crippen LogP contribution in [0.5, 0.6) is 0 Å². The number of carbonyl (C=O) groups is 3. The van der Waals surface area contributed by atoms with Gasteiger partial charge in [0.1, 0.15) is 12.2 Å². The van der Waals surface area contributed by atoms with Gasteiger partial charge < -0.3 is 20.7 Å². The van der Waals surface area contributed by atoms with Crippen molar-refractivity contribution >= 4 is 23.7 Å². The molecule has 28 heavy (non-hydrogen) atoms. The fourth-order valence-electron chi connectivity index (χ4n) is 2.41. The van der Waals surface area contributed by atoms with E-state index in [0.717, 1.165) is 0 Å². The molecule has 0 fully saturated rings. The number of amides is 2. The van der Waals surface area contributed by atoms with Crippen molar-refractivity contribution < 1.29 is 24.2 Å². The Hall–Kier alpha value is -3.18. The molecular formula is C16H25N6O6. The Morgan fingerprint density at radius 2 is 2.11 bits per heavy atom. The van der Waals surface area contributed by atoms with Crippen LogP contribution in [0.4, 0.5) is 0 Å². The van der Waals surface area contributed by atoms with E-state index >= 15 is 0 Å². The van der Waals surface area contributed by atoms with Gasteiger partial charge in [-0.1, -0.05) is 32.6 Å². The number of nitrogens with zero attached hydrogens (tertiary/aromatic N) is 1. The standard InChI is InChI=1S/C16H25N6O6/c1-4-7-16(20-15(17)21-22(26)27,14(25)18-8-5-10(2)3)19-12(23)11-6-9-28-13(11)24/h6,8,10H,4-5,7,9H2,1-3H3,(H,18,25)(H,19,23)(H3,17,20,21)/t16-/m1/s1. The van der Waals surface area contributed by atoms with Gasteiger partial charge in [0.05, 0.1) is 0 Å². The smallest absolute Gasteiger partial charge is 0.343 e. The summed E-state index contributed by atoms with van der Waals surface area (Å²) in [7, 11) is 0. The highest BCUT2D eigenvalue weighted by molar-refractivity contribution is 6.18. The molecule has 0 aromatic carbocycles. The van der Waals surface area contributed by atoms with Crippen LogP contribution in [0.25, 0.3) is 0 Å². The van der Waals surface area contributed by atoms with Gasteiger partial charge in [-0.2, -0.15) is 0 Å². The Balaban J connectivity index is 3.09. The number of rotatable bonds is 10. The molecule has 12 heteroatoms. The predicted octanol–water partition coefficient (Wildman–Crippen LogP) is -0.288. The zero-order chi connectivity index (χ0) is 21.3. The minimum atomic E-state index is -1.90. The number of hydrogen-bond donors (Lipinski definition) is 5. The molecule has 0 aliphatic carbocycles. The van der Waals surface area contributed by atoms with Gasteiger partial charge in [0.15, 0.2) is 10.7 Å². The first-order valence-electron chi connectivity index (χ1n) is 8.71. The monoisotopic (exact) mass is 397 g/mol. The molecule has 1 aliphatic rings. The van der Waals surface area contributed by atoms with Gasteiger partial charge in [-0.05, 0) is 24.8 Å². The predicted molar refractivity (Wildman–Crippen MR) is 97.7 cm³/mol. The summed E-state index contributed by atoms with van der Waals surface area (Å²) < 4.78 is 4.68. The quantitative estimate of drug-likeness (QED) is 0.0635. The van der Waals surface area contributed by atoms with Gasteiger partial charge in [0, 0.05) is 6.54 Å². The summed E-state index contributed by atoms with van der Waals surface area (Å²) in [6.07, 6.45) is 2.17. The molecule has 0 unspecified atom stereocenters. The van der Waals surface area contributed by atoms with Crippen LogP contribution in [0.3, 0.4) is 0 Å². The SMILES string of the molecule is CCC[C@](NC(=N)N[N+](=O)[O-])(NC(=O)C1=CCOC1=O)C(=O)N[CH]CC(C)C. The van der Waals surface area contributed by atoms with E-state index in [1.165, 1.54) is 12.6 Å². The van der Waals surface area contributed by atoms with Gasteiger partial charge in [-0.25, -0.2) is 14.9 Å². The van der Waals surface area contributed by atoms with Crippen LogP contribution in [-0.2, 0) is 19.1 Å². The molecule has 1 radical (unpaired) electrons. The summed E-state index contributed by atoms with van der Waals surface area (Å²) in [5.74, 6) is -3.01. The average molecular weight is 397 g/mol. The summed E-state index contributed by atoms with van der Waals surface area (Å²) in [6.45, 7) is 7.04. The fraction of sp³-hybridized carbons (Fsp3) is 0.562. The Kier molecular flexibility index (Phi) is 8.35. The van der Waals surface area contributed by atoms with Gasteiger partial charge in [0.2, 0.25) is 0 Å². The number of ether oxygens (including phenoxy) is 1. The highest BCUT2D eigenvalue weighted by Gasteiger charge is 2.42. The molecular weight excluding hydrogens is 372 g/mol. The lowest BCUT2D eigenvalue weighted by atomic mass is 10.0. The molecule has 0 aromatic rings. The highest BCUT2D eigenvalue weighted by Crippen LogP contribution is 2.15. The van der Waals surface area contributed by atoms with E-state index in [0.29, 0.717) is 12.8 Å². The third-order valence-electron chi connectivity index (χ3n) is 3.67. The molecule has 12 nitrogen and oxygen atoms in total. The maximum atomic E-state index is 12.8. The Bertz CT molecular complexity index is 677. The molecule has 1 aliphatic heterocycles. The number of nitro groups is 1. The van der Waals surface area contributed by atoms with E-state index in [2.05, 4.69) is 20.7 Å². The second-order valence-corrected chi connectivity index (χ2v) is 6.50. The summed E-state index contributed by atoms with van der Waals surface area (Å²) in [4.78, 5) is 47.6. The second-order valence-electron chi connectivity index (χ2n) is 6.50. The lowest BCUT2D eigenvalue weighted by molar-refractivity contribution is -0.526. The zero-order valence-electron chi connectivity index (χ0n) is 16.0. The molecule has 0 bridgehead atoms. The maximum Gasteiger partial charge on any atom is 0.343 e. The van der Waals surface area contributed by atoms with Crippen LogP contribution >= 0.6 is 0 Å². The van der Waals surface area contributed by atoms with Gasteiger partial charge in [-0.15, -0.1) is 0 Å². The zero-order valence-corrected chi connectivity index (χ0v) is 16.0.